The molecule has 0 aliphatic carbocycles. The van der Waals surface area contributed by atoms with Gasteiger partial charge < -0.3 is 14.8 Å². The first-order valence-electron chi connectivity index (χ1n) is 10.4. The van der Waals surface area contributed by atoms with Gasteiger partial charge in [-0.15, -0.1) is 0 Å². The molecule has 3 aromatic rings. The summed E-state index contributed by atoms with van der Waals surface area (Å²) >= 11 is 3.15. The highest BCUT2D eigenvalue weighted by molar-refractivity contribution is 9.09. The van der Waals surface area contributed by atoms with Gasteiger partial charge in [0, 0.05) is 11.1 Å². The number of rotatable bonds is 10. The number of nitrogens with one attached hydrogen (secondary N) is 1. The van der Waals surface area contributed by atoms with Crippen LogP contribution in [0.2, 0.25) is 0 Å². The van der Waals surface area contributed by atoms with E-state index in [0.29, 0.717) is 11.1 Å². The molecule has 0 aliphatic rings. The first-order valence-corrected chi connectivity index (χ1v) is 11.5. The average Bonchev–Trinajstić information content (AvgIpc) is 2.89. The van der Waals surface area contributed by atoms with Crippen LogP contribution in [-0.2, 0) is 20.9 Å². The number of Topliss-reactive ketones (excluding diaryl/α,β-unsaturated/α-hetero) is 2. The first-order chi connectivity index (χ1) is 16.5. The SMILES string of the molecule is O=C(CNC(=O)OCc1ccccc1)OCC(=O)c1ccc(-c2ccc(C(=O)CBr)cc2)cc1. The van der Waals surface area contributed by atoms with E-state index >= 15 is 0 Å². The molecule has 0 bridgehead atoms. The third-order valence-electron chi connectivity index (χ3n) is 4.82. The molecule has 0 fully saturated rings. The van der Waals surface area contributed by atoms with E-state index in [1.54, 1.807) is 36.4 Å². The fraction of sp³-hybridized carbons (Fsp3) is 0.154. The highest BCUT2D eigenvalue weighted by Crippen LogP contribution is 2.21. The third kappa shape index (κ3) is 7.38. The highest BCUT2D eigenvalue weighted by atomic mass is 79.9. The number of ketones is 2. The molecule has 0 unspecified atom stereocenters. The van der Waals surface area contributed by atoms with Crippen LogP contribution in [0.15, 0.2) is 78.9 Å². The van der Waals surface area contributed by atoms with E-state index in [1.165, 1.54) is 0 Å². The van der Waals surface area contributed by atoms with Crippen LogP contribution >= 0.6 is 15.9 Å². The quantitative estimate of drug-likeness (QED) is 0.237. The lowest BCUT2D eigenvalue weighted by molar-refractivity contribution is -0.141. The Bertz CT molecular complexity index is 1140. The minimum atomic E-state index is -0.757. The monoisotopic (exact) mass is 523 g/mol. The van der Waals surface area contributed by atoms with Crippen molar-refractivity contribution in [1.29, 1.82) is 0 Å². The summed E-state index contributed by atoms with van der Waals surface area (Å²) in [7, 11) is 0. The zero-order valence-corrected chi connectivity index (χ0v) is 19.7. The molecule has 7 nitrogen and oxygen atoms in total. The fourth-order valence-electron chi connectivity index (χ4n) is 2.97. The molecule has 1 amide bonds. The van der Waals surface area contributed by atoms with Crippen molar-refractivity contribution in [2.75, 3.05) is 18.5 Å². The Morgan fingerprint density at radius 2 is 1.26 bits per heavy atom. The van der Waals surface area contributed by atoms with Gasteiger partial charge in [0.05, 0.1) is 5.33 Å². The molecule has 0 radical (unpaired) electrons. The van der Waals surface area contributed by atoms with Crippen LogP contribution in [-0.4, -0.2) is 42.1 Å². The molecule has 3 aromatic carbocycles. The van der Waals surface area contributed by atoms with Gasteiger partial charge in [0.1, 0.15) is 13.2 Å². The number of halogens is 1. The first kappa shape index (κ1) is 24.9. The van der Waals surface area contributed by atoms with Gasteiger partial charge in [0.25, 0.3) is 0 Å². The van der Waals surface area contributed by atoms with Gasteiger partial charge in [-0.05, 0) is 16.7 Å². The number of alkyl halides is 1. The lowest BCUT2D eigenvalue weighted by Gasteiger charge is -2.08. The van der Waals surface area contributed by atoms with Crippen molar-refractivity contribution in [3.8, 4) is 11.1 Å². The van der Waals surface area contributed by atoms with Crippen LogP contribution in [0.4, 0.5) is 4.79 Å². The van der Waals surface area contributed by atoms with Crippen LogP contribution in [0.1, 0.15) is 26.3 Å². The number of benzene rings is 3. The Labute approximate surface area is 205 Å². The second-order valence-corrected chi connectivity index (χ2v) is 7.77. The maximum Gasteiger partial charge on any atom is 0.407 e. The average molecular weight is 524 g/mol. The molecule has 8 heteroatoms. The van der Waals surface area contributed by atoms with Crippen LogP contribution in [0.3, 0.4) is 0 Å². The Morgan fingerprint density at radius 1 is 0.706 bits per heavy atom. The van der Waals surface area contributed by atoms with E-state index in [4.69, 9.17) is 9.47 Å². The molecule has 1 N–H and O–H groups in total. The maximum atomic E-state index is 12.3. The number of carbonyl (C=O) groups excluding carboxylic acids is 4. The van der Waals surface area contributed by atoms with E-state index < -0.39 is 25.2 Å². The van der Waals surface area contributed by atoms with Crippen molar-refractivity contribution in [3.05, 3.63) is 95.6 Å². The molecule has 0 atom stereocenters. The minimum absolute atomic E-state index is 0.00122. The molecule has 0 aliphatic heterocycles. The molecular formula is C26H22BrNO6. The number of carbonyl (C=O) groups is 4. The van der Waals surface area contributed by atoms with E-state index in [1.807, 2.05) is 42.5 Å². The van der Waals surface area contributed by atoms with Gasteiger partial charge >= 0.3 is 12.1 Å². The summed E-state index contributed by atoms with van der Waals surface area (Å²) in [6.45, 7) is -0.773. The highest BCUT2D eigenvalue weighted by Gasteiger charge is 2.12. The van der Waals surface area contributed by atoms with E-state index in [0.717, 1.165) is 16.7 Å². The smallest absolute Gasteiger partial charge is 0.407 e. The summed E-state index contributed by atoms with van der Waals surface area (Å²) in [5.41, 5.74) is 3.61. The Balaban J connectivity index is 1.42. The largest absolute Gasteiger partial charge is 0.456 e. The van der Waals surface area contributed by atoms with Crippen molar-refractivity contribution in [3.63, 3.8) is 0 Å². The fourth-order valence-corrected chi connectivity index (χ4v) is 3.30. The maximum absolute atomic E-state index is 12.3. The van der Waals surface area contributed by atoms with Crippen molar-refractivity contribution in [2.45, 2.75) is 6.61 Å². The summed E-state index contributed by atoms with van der Waals surface area (Å²) in [6.07, 6.45) is -0.757. The van der Waals surface area contributed by atoms with Crippen LogP contribution in [0, 0.1) is 0 Å². The minimum Gasteiger partial charge on any atom is -0.456 e. The van der Waals surface area contributed by atoms with Crippen LogP contribution < -0.4 is 5.32 Å². The molecule has 3 rings (SSSR count). The summed E-state index contributed by atoms with van der Waals surface area (Å²) in [5, 5.41) is 2.55. The second kappa shape index (κ2) is 12.5. The second-order valence-electron chi connectivity index (χ2n) is 7.21. The molecule has 0 spiro atoms. The van der Waals surface area contributed by atoms with Gasteiger partial charge in [-0.1, -0.05) is 94.8 Å². The molecule has 34 heavy (non-hydrogen) atoms. The third-order valence-corrected chi connectivity index (χ3v) is 5.33. The summed E-state index contributed by atoms with van der Waals surface area (Å²) in [5.74, 6) is -1.12. The van der Waals surface area contributed by atoms with E-state index in [2.05, 4.69) is 21.2 Å². The van der Waals surface area contributed by atoms with Gasteiger partial charge in [-0.3, -0.25) is 14.4 Å². The van der Waals surface area contributed by atoms with Crippen molar-refractivity contribution < 1.29 is 28.7 Å². The number of amides is 1. The normalized spacial score (nSPS) is 10.3. The van der Waals surface area contributed by atoms with Crippen molar-refractivity contribution in [1.82, 2.24) is 5.32 Å². The number of hydrogen-bond donors (Lipinski definition) is 1. The Morgan fingerprint density at radius 3 is 1.82 bits per heavy atom. The van der Waals surface area contributed by atoms with Crippen LogP contribution in [0.5, 0.6) is 0 Å². The van der Waals surface area contributed by atoms with Gasteiger partial charge in [-0.2, -0.15) is 0 Å². The Hall–Kier alpha value is -3.78. The lowest BCUT2D eigenvalue weighted by Crippen LogP contribution is -2.31. The number of esters is 1. The molecule has 0 saturated heterocycles. The van der Waals surface area contributed by atoms with Crippen molar-refractivity contribution in [2.24, 2.45) is 0 Å². The predicted molar refractivity (Wildman–Crippen MR) is 130 cm³/mol. The summed E-state index contributed by atoms with van der Waals surface area (Å²) in [4.78, 5) is 47.5. The standard InChI is InChI=1S/C26H22BrNO6/c27-14-23(29)21-10-6-19(7-11-21)20-8-12-22(13-9-20)24(30)17-33-25(31)15-28-26(32)34-16-18-4-2-1-3-5-18/h1-13H,14-17H2,(H,28,32). The van der Waals surface area contributed by atoms with E-state index in [9.17, 15) is 19.2 Å². The summed E-state index contributed by atoms with van der Waals surface area (Å²) < 4.78 is 9.94. The molecular weight excluding hydrogens is 502 g/mol. The molecule has 0 aromatic heterocycles. The van der Waals surface area contributed by atoms with Crippen molar-refractivity contribution >= 4 is 39.6 Å². The lowest BCUT2D eigenvalue weighted by atomic mass is 10.0. The number of ether oxygens (including phenoxy) is 2. The topological polar surface area (TPSA) is 98.8 Å². The van der Waals surface area contributed by atoms with E-state index in [-0.39, 0.29) is 23.5 Å². The number of hydrogen-bond acceptors (Lipinski definition) is 6. The predicted octanol–water partition coefficient (Wildman–Crippen LogP) is 4.58. The zero-order chi connectivity index (χ0) is 24.3. The molecule has 0 saturated carbocycles. The van der Waals surface area contributed by atoms with Gasteiger partial charge in [0.15, 0.2) is 18.2 Å². The van der Waals surface area contributed by atoms with Gasteiger partial charge in [0.2, 0.25) is 0 Å². The molecule has 174 valence electrons. The van der Waals surface area contributed by atoms with Crippen LogP contribution in [0.25, 0.3) is 11.1 Å². The Kier molecular flexibility index (Phi) is 9.11. The molecule has 0 heterocycles. The number of alkyl carbamates (subject to hydrolysis) is 1. The van der Waals surface area contributed by atoms with Gasteiger partial charge in [-0.25, -0.2) is 4.79 Å². The zero-order valence-electron chi connectivity index (χ0n) is 18.2. The summed E-state index contributed by atoms with van der Waals surface area (Å²) in [6, 6.07) is 23.1.